The molecular weight excluding hydrogens is 252 g/mol. The zero-order valence-electron chi connectivity index (χ0n) is 10.9. The van der Waals surface area contributed by atoms with Gasteiger partial charge in [0.15, 0.2) is 0 Å². The number of hydrogen-bond donors (Lipinski definition) is 1. The molecule has 1 nitrogen and oxygen atoms in total. The van der Waals surface area contributed by atoms with Crippen molar-refractivity contribution < 1.29 is 8.78 Å². The highest BCUT2D eigenvalue weighted by atomic mass is 32.2. The predicted octanol–water partition coefficient (Wildman–Crippen LogP) is 4.67. The molecule has 0 radical (unpaired) electrons. The van der Waals surface area contributed by atoms with Gasteiger partial charge in [0, 0.05) is 4.75 Å². The molecule has 100 valence electrons. The molecular formula is C14H19F2NS. The minimum absolute atomic E-state index is 0.108. The van der Waals surface area contributed by atoms with Crippen LogP contribution in [0.3, 0.4) is 0 Å². The summed E-state index contributed by atoms with van der Waals surface area (Å²) in [6, 6.07) is 6.09. The van der Waals surface area contributed by atoms with Gasteiger partial charge in [0.25, 0.3) is 6.43 Å². The van der Waals surface area contributed by atoms with Crippen LogP contribution in [0.4, 0.5) is 8.78 Å². The quantitative estimate of drug-likeness (QED) is 0.781. The van der Waals surface area contributed by atoms with E-state index in [1.54, 1.807) is 24.3 Å². The molecule has 0 aromatic heterocycles. The first-order chi connectivity index (χ1) is 8.33. The van der Waals surface area contributed by atoms with Crippen LogP contribution in [0.5, 0.6) is 0 Å². The normalized spacial score (nSPS) is 13.7. The first-order valence-corrected chi connectivity index (χ1v) is 6.59. The molecule has 0 heterocycles. The lowest BCUT2D eigenvalue weighted by Crippen LogP contribution is -2.26. The van der Waals surface area contributed by atoms with E-state index in [-0.39, 0.29) is 4.75 Å². The van der Waals surface area contributed by atoms with Crippen LogP contribution in [0.1, 0.15) is 37.9 Å². The summed E-state index contributed by atoms with van der Waals surface area (Å²) in [6.45, 7) is 9.59. The van der Waals surface area contributed by atoms with E-state index in [1.807, 2.05) is 26.8 Å². The highest BCUT2D eigenvalue weighted by Gasteiger charge is 2.24. The predicted molar refractivity (Wildman–Crippen MR) is 75.8 cm³/mol. The average molecular weight is 271 g/mol. The van der Waals surface area contributed by atoms with Gasteiger partial charge in [-0.1, -0.05) is 42.8 Å². The Kier molecular flexibility index (Phi) is 5.35. The maximum absolute atomic E-state index is 13.1. The lowest BCUT2D eigenvalue weighted by molar-refractivity contribution is 0.110. The minimum atomic E-state index is -2.44. The van der Waals surface area contributed by atoms with Crippen molar-refractivity contribution in [2.24, 2.45) is 0 Å². The van der Waals surface area contributed by atoms with Crippen LogP contribution in [0, 0.1) is 0 Å². The number of rotatable bonds is 5. The fourth-order valence-electron chi connectivity index (χ4n) is 1.38. The molecule has 1 atom stereocenters. The third-order valence-corrected chi connectivity index (χ3v) is 3.23. The summed E-state index contributed by atoms with van der Waals surface area (Å²) in [5.41, 5.74) is 1.43. The third kappa shape index (κ3) is 4.78. The highest BCUT2D eigenvalue weighted by molar-refractivity contribution is 7.98. The van der Waals surface area contributed by atoms with Gasteiger partial charge in [-0.15, -0.1) is 0 Å². The summed E-state index contributed by atoms with van der Waals surface area (Å²) in [4.78, 5) is 0. The molecule has 18 heavy (non-hydrogen) atoms. The van der Waals surface area contributed by atoms with Gasteiger partial charge < -0.3 is 0 Å². The van der Waals surface area contributed by atoms with Crippen molar-refractivity contribution in [3.05, 3.63) is 42.0 Å². The van der Waals surface area contributed by atoms with Crippen LogP contribution in [0.2, 0.25) is 0 Å². The Morgan fingerprint density at radius 2 is 2.00 bits per heavy atom. The first-order valence-electron chi connectivity index (χ1n) is 5.77. The molecule has 0 bridgehead atoms. The smallest absolute Gasteiger partial charge is 0.250 e. The van der Waals surface area contributed by atoms with E-state index in [9.17, 15) is 8.78 Å². The Labute approximate surface area is 112 Å². The number of benzene rings is 1. The van der Waals surface area contributed by atoms with Crippen LogP contribution in [0.15, 0.2) is 30.8 Å². The van der Waals surface area contributed by atoms with Crippen molar-refractivity contribution in [3.63, 3.8) is 0 Å². The molecule has 0 aliphatic carbocycles. The Morgan fingerprint density at radius 3 is 2.50 bits per heavy atom. The Morgan fingerprint density at radius 1 is 1.33 bits per heavy atom. The maximum atomic E-state index is 13.1. The zero-order chi connectivity index (χ0) is 13.8. The van der Waals surface area contributed by atoms with Crippen molar-refractivity contribution in [2.75, 3.05) is 0 Å². The van der Waals surface area contributed by atoms with E-state index in [0.29, 0.717) is 5.56 Å². The molecule has 1 rings (SSSR count). The summed E-state index contributed by atoms with van der Waals surface area (Å²) in [6.07, 6.45) is -0.789. The summed E-state index contributed by atoms with van der Waals surface area (Å²) in [7, 11) is 0. The van der Waals surface area contributed by atoms with Crippen molar-refractivity contribution in [1.29, 1.82) is 0 Å². The van der Waals surface area contributed by atoms with Gasteiger partial charge in [-0.25, -0.2) is 8.78 Å². The second-order valence-corrected chi connectivity index (χ2v) is 6.68. The fourth-order valence-corrected chi connectivity index (χ4v) is 2.10. The monoisotopic (exact) mass is 271 g/mol. The number of halogens is 2. The number of alkyl halides is 2. The molecule has 1 aromatic carbocycles. The molecule has 0 saturated carbocycles. The van der Waals surface area contributed by atoms with Crippen LogP contribution in [0.25, 0.3) is 6.08 Å². The van der Waals surface area contributed by atoms with Gasteiger partial charge in [-0.05, 0) is 38.0 Å². The van der Waals surface area contributed by atoms with E-state index in [2.05, 4.69) is 11.3 Å². The Hall–Kier alpha value is -0.870. The Bertz CT molecular complexity index is 399. The second kappa shape index (κ2) is 6.34. The summed E-state index contributed by atoms with van der Waals surface area (Å²) < 4.78 is 28.9. The standard InChI is InChI=1S/C14H19F2NS/c1-5-10-7-6-8-11(9-10)12(13(15)16)17-18-14(2,3)4/h5-9,12-13,17H,1H2,2-4H3. The molecule has 0 spiro atoms. The van der Waals surface area contributed by atoms with Crippen LogP contribution in [-0.4, -0.2) is 11.2 Å². The second-order valence-electron chi connectivity index (χ2n) is 5.02. The third-order valence-electron chi connectivity index (χ3n) is 2.25. The summed E-state index contributed by atoms with van der Waals surface area (Å²) >= 11 is 1.32. The summed E-state index contributed by atoms with van der Waals surface area (Å²) in [5, 5.41) is 0. The molecule has 0 aliphatic heterocycles. The fraction of sp³-hybridized carbons (Fsp3) is 0.429. The minimum Gasteiger partial charge on any atom is -0.250 e. The Balaban J connectivity index is 2.87. The first kappa shape index (κ1) is 15.2. The lowest BCUT2D eigenvalue weighted by atomic mass is 10.1. The highest BCUT2D eigenvalue weighted by Crippen LogP contribution is 2.28. The van der Waals surface area contributed by atoms with E-state index in [0.717, 1.165) is 5.56 Å². The summed E-state index contributed by atoms with van der Waals surface area (Å²) in [5.74, 6) is 0. The van der Waals surface area contributed by atoms with Gasteiger partial charge >= 0.3 is 0 Å². The van der Waals surface area contributed by atoms with E-state index < -0.39 is 12.5 Å². The molecule has 1 N–H and O–H groups in total. The van der Waals surface area contributed by atoms with E-state index in [4.69, 9.17) is 0 Å². The van der Waals surface area contributed by atoms with E-state index in [1.165, 1.54) is 11.9 Å². The van der Waals surface area contributed by atoms with Crippen molar-refractivity contribution >= 4 is 18.0 Å². The van der Waals surface area contributed by atoms with Crippen molar-refractivity contribution in [3.8, 4) is 0 Å². The van der Waals surface area contributed by atoms with Gasteiger partial charge in [0.2, 0.25) is 0 Å². The maximum Gasteiger partial charge on any atom is 0.258 e. The molecule has 4 heteroatoms. The molecule has 0 fully saturated rings. The average Bonchev–Trinajstić information content (AvgIpc) is 2.27. The van der Waals surface area contributed by atoms with E-state index >= 15 is 0 Å². The molecule has 0 aliphatic rings. The van der Waals surface area contributed by atoms with Crippen molar-refractivity contribution in [2.45, 2.75) is 38.0 Å². The molecule has 1 aromatic rings. The lowest BCUT2D eigenvalue weighted by Gasteiger charge is -2.24. The van der Waals surface area contributed by atoms with Crippen LogP contribution < -0.4 is 4.72 Å². The van der Waals surface area contributed by atoms with Crippen LogP contribution >= 0.6 is 11.9 Å². The molecule has 1 unspecified atom stereocenters. The SMILES string of the molecule is C=Cc1cccc(C(NSC(C)(C)C)C(F)F)c1. The molecule has 0 amide bonds. The number of nitrogens with one attached hydrogen (secondary N) is 1. The molecule has 0 saturated heterocycles. The largest absolute Gasteiger partial charge is 0.258 e. The van der Waals surface area contributed by atoms with Gasteiger partial charge in [-0.2, -0.15) is 0 Å². The van der Waals surface area contributed by atoms with Crippen LogP contribution in [-0.2, 0) is 0 Å². The topological polar surface area (TPSA) is 12.0 Å². The zero-order valence-corrected chi connectivity index (χ0v) is 11.7. The van der Waals surface area contributed by atoms with Gasteiger partial charge in [-0.3, -0.25) is 4.72 Å². The van der Waals surface area contributed by atoms with Gasteiger partial charge in [0.1, 0.15) is 6.04 Å². The van der Waals surface area contributed by atoms with Gasteiger partial charge in [0.05, 0.1) is 0 Å². The number of hydrogen-bond acceptors (Lipinski definition) is 2. The van der Waals surface area contributed by atoms with Crippen molar-refractivity contribution in [1.82, 2.24) is 4.72 Å².